The van der Waals surface area contributed by atoms with Crippen LogP contribution in [0.25, 0.3) is 11.0 Å². The summed E-state index contributed by atoms with van der Waals surface area (Å²) >= 11 is 12.1. The minimum atomic E-state index is 0.0813. The maximum atomic E-state index is 6.06. The predicted octanol–water partition coefficient (Wildman–Crippen LogP) is 3.76. The number of benzene rings is 1. The van der Waals surface area contributed by atoms with Gasteiger partial charge in [0.1, 0.15) is 5.82 Å². The normalized spacial score (nSPS) is 23.6. The van der Waals surface area contributed by atoms with Gasteiger partial charge in [-0.2, -0.15) is 0 Å². The minimum absolute atomic E-state index is 0.0813. The summed E-state index contributed by atoms with van der Waals surface area (Å²) < 4.78 is 0. The van der Waals surface area contributed by atoms with E-state index in [2.05, 4.69) is 24.1 Å². The van der Waals surface area contributed by atoms with E-state index in [0.29, 0.717) is 16.0 Å². The Morgan fingerprint density at radius 1 is 1.26 bits per heavy atom. The molecule has 0 saturated carbocycles. The number of aromatic nitrogens is 2. The van der Waals surface area contributed by atoms with Crippen LogP contribution in [-0.2, 0) is 5.41 Å². The number of imidazole rings is 1. The van der Waals surface area contributed by atoms with E-state index in [1.54, 1.807) is 0 Å². The molecule has 5 heteroatoms. The number of hydrogen-bond donors (Lipinski definition) is 2. The first-order chi connectivity index (χ1) is 9.03. The molecule has 1 aliphatic rings. The zero-order chi connectivity index (χ0) is 13.6. The maximum Gasteiger partial charge on any atom is 0.115 e. The van der Waals surface area contributed by atoms with E-state index in [9.17, 15) is 0 Å². The molecule has 19 heavy (non-hydrogen) atoms. The molecular formula is C14H17Cl2N3. The summed E-state index contributed by atoms with van der Waals surface area (Å²) in [7, 11) is 0. The van der Waals surface area contributed by atoms with Crippen LogP contribution in [0.2, 0.25) is 10.0 Å². The number of fused-ring (bicyclic) bond motifs is 1. The van der Waals surface area contributed by atoms with Crippen LogP contribution in [0.5, 0.6) is 0 Å². The Balaban J connectivity index is 2.14. The highest BCUT2D eigenvalue weighted by Crippen LogP contribution is 2.38. The van der Waals surface area contributed by atoms with Crippen LogP contribution in [0.1, 0.15) is 26.1 Å². The Kier molecular flexibility index (Phi) is 3.24. The molecule has 0 aliphatic carbocycles. The molecule has 2 heterocycles. The fourth-order valence-electron chi connectivity index (χ4n) is 2.92. The van der Waals surface area contributed by atoms with E-state index < -0.39 is 0 Å². The summed E-state index contributed by atoms with van der Waals surface area (Å²) in [6, 6.07) is 3.68. The molecule has 102 valence electrons. The van der Waals surface area contributed by atoms with Crippen LogP contribution >= 0.6 is 23.2 Å². The van der Waals surface area contributed by atoms with Gasteiger partial charge in [-0.25, -0.2) is 4.98 Å². The zero-order valence-corrected chi connectivity index (χ0v) is 12.6. The van der Waals surface area contributed by atoms with Crippen LogP contribution in [-0.4, -0.2) is 23.1 Å². The summed E-state index contributed by atoms with van der Waals surface area (Å²) in [6.45, 7) is 6.50. The lowest BCUT2D eigenvalue weighted by atomic mass is 9.76. The Hall–Kier alpha value is -0.770. The Morgan fingerprint density at radius 2 is 2.00 bits per heavy atom. The maximum absolute atomic E-state index is 6.06. The number of aromatic amines is 1. The van der Waals surface area contributed by atoms with Crippen molar-refractivity contribution >= 4 is 34.2 Å². The van der Waals surface area contributed by atoms with Crippen molar-refractivity contribution in [1.29, 1.82) is 0 Å². The average Bonchev–Trinajstić information content (AvgIpc) is 2.96. The summed E-state index contributed by atoms with van der Waals surface area (Å²) in [4.78, 5) is 8.18. The Labute approximate surface area is 122 Å². The van der Waals surface area contributed by atoms with E-state index in [4.69, 9.17) is 28.2 Å². The molecule has 2 aromatic rings. The molecule has 1 aromatic heterocycles. The van der Waals surface area contributed by atoms with Crippen molar-refractivity contribution in [2.45, 2.75) is 25.7 Å². The van der Waals surface area contributed by atoms with Gasteiger partial charge in [0.15, 0.2) is 0 Å². The van der Waals surface area contributed by atoms with Gasteiger partial charge in [0, 0.05) is 12.0 Å². The summed E-state index contributed by atoms with van der Waals surface area (Å²) in [5.41, 5.74) is 1.92. The second-order valence-corrected chi connectivity index (χ2v) is 6.42. The molecule has 3 nitrogen and oxygen atoms in total. The fourth-order valence-corrected chi connectivity index (χ4v) is 3.24. The van der Waals surface area contributed by atoms with E-state index in [-0.39, 0.29) is 5.41 Å². The molecule has 1 saturated heterocycles. The number of nitrogens with one attached hydrogen (secondary N) is 2. The van der Waals surface area contributed by atoms with Crippen LogP contribution in [0.3, 0.4) is 0 Å². The summed E-state index contributed by atoms with van der Waals surface area (Å²) in [5, 5.41) is 4.56. The fraction of sp³-hybridized carbons (Fsp3) is 0.500. The predicted molar refractivity (Wildman–Crippen MR) is 80.1 cm³/mol. The van der Waals surface area contributed by atoms with E-state index in [1.165, 1.54) is 0 Å². The lowest BCUT2D eigenvalue weighted by Gasteiger charge is -2.30. The largest absolute Gasteiger partial charge is 0.341 e. The van der Waals surface area contributed by atoms with Gasteiger partial charge in [0.2, 0.25) is 0 Å². The molecule has 1 atom stereocenters. The van der Waals surface area contributed by atoms with Crippen LogP contribution in [0.15, 0.2) is 12.1 Å². The van der Waals surface area contributed by atoms with E-state index >= 15 is 0 Å². The van der Waals surface area contributed by atoms with Gasteiger partial charge in [-0.05, 0) is 31.0 Å². The van der Waals surface area contributed by atoms with Crippen LogP contribution in [0.4, 0.5) is 0 Å². The van der Waals surface area contributed by atoms with Gasteiger partial charge in [-0.1, -0.05) is 37.0 Å². The Bertz CT molecular complexity index is 573. The van der Waals surface area contributed by atoms with E-state index in [0.717, 1.165) is 36.4 Å². The number of hydrogen-bond acceptors (Lipinski definition) is 2. The minimum Gasteiger partial charge on any atom is -0.341 e. The highest BCUT2D eigenvalue weighted by atomic mass is 35.5. The SMILES string of the molecule is CC(C)C1(c2nc3cc(Cl)c(Cl)cc3[nH]2)CCNC1. The summed E-state index contributed by atoms with van der Waals surface area (Å²) in [5.74, 6) is 1.56. The lowest BCUT2D eigenvalue weighted by Crippen LogP contribution is -2.35. The topological polar surface area (TPSA) is 40.7 Å². The van der Waals surface area contributed by atoms with Gasteiger partial charge in [0.25, 0.3) is 0 Å². The molecule has 1 fully saturated rings. The van der Waals surface area contributed by atoms with Crippen molar-refractivity contribution in [3.05, 3.63) is 28.0 Å². The second-order valence-electron chi connectivity index (χ2n) is 5.61. The molecule has 3 rings (SSSR count). The molecule has 0 amide bonds. The average molecular weight is 298 g/mol. The van der Waals surface area contributed by atoms with Crippen molar-refractivity contribution in [2.24, 2.45) is 5.92 Å². The number of nitrogens with zero attached hydrogens (tertiary/aromatic N) is 1. The van der Waals surface area contributed by atoms with Gasteiger partial charge in [-0.15, -0.1) is 0 Å². The Morgan fingerprint density at radius 3 is 2.63 bits per heavy atom. The number of H-pyrrole nitrogens is 1. The monoisotopic (exact) mass is 297 g/mol. The van der Waals surface area contributed by atoms with Gasteiger partial charge < -0.3 is 10.3 Å². The highest BCUT2D eigenvalue weighted by molar-refractivity contribution is 6.42. The van der Waals surface area contributed by atoms with Crippen molar-refractivity contribution < 1.29 is 0 Å². The van der Waals surface area contributed by atoms with Gasteiger partial charge >= 0.3 is 0 Å². The zero-order valence-electron chi connectivity index (χ0n) is 11.1. The van der Waals surface area contributed by atoms with Crippen molar-refractivity contribution in [2.75, 3.05) is 13.1 Å². The smallest absolute Gasteiger partial charge is 0.115 e. The first kappa shape index (κ1) is 13.2. The standard InChI is InChI=1S/C14H17Cl2N3/c1-8(2)14(3-4-17-7-14)13-18-11-5-9(15)10(16)6-12(11)19-13/h5-6,8,17H,3-4,7H2,1-2H3,(H,18,19). The third-order valence-electron chi connectivity index (χ3n) is 4.29. The van der Waals surface area contributed by atoms with Crippen LogP contribution in [0, 0.1) is 5.92 Å². The van der Waals surface area contributed by atoms with Crippen molar-refractivity contribution in [3.8, 4) is 0 Å². The lowest BCUT2D eigenvalue weighted by molar-refractivity contribution is 0.321. The molecule has 0 radical (unpaired) electrons. The first-order valence-corrected chi connectivity index (χ1v) is 7.34. The summed E-state index contributed by atoms with van der Waals surface area (Å²) in [6.07, 6.45) is 1.10. The molecule has 0 bridgehead atoms. The second kappa shape index (κ2) is 4.65. The van der Waals surface area contributed by atoms with Crippen molar-refractivity contribution in [3.63, 3.8) is 0 Å². The van der Waals surface area contributed by atoms with Crippen molar-refractivity contribution in [1.82, 2.24) is 15.3 Å². The third kappa shape index (κ3) is 2.04. The van der Waals surface area contributed by atoms with E-state index in [1.807, 2.05) is 12.1 Å². The van der Waals surface area contributed by atoms with Gasteiger partial charge in [-0.3, -0.25) is 0 Å². The quantitative estimate of drug-likeness (QED) is 0.886. The molecule has 0 spiro atoms. The van der Waals surface area contributed by atoms with Crippen LogP contribution < -0.4 is 5.32 Å². The first-order valence-electron chi connectivity index (χ1n) is 6.59. The third-order valence-corrected chi connectivity index (χ3v) is 5.01. The molecule has 1 aromatic carbocycles. The number of halogens is 2. The number of rotatable bonds is 2. The molecule has 1 unspecified atom stereocenters. The van der Waals surface area contributed by atoms with Gasteiger partial charge in [0.05, 0.1) is 21.1 Å². The highest BCUT2D eigenvalue weighted by Gasteiger charge is 2.41. The molecule has 1 aliphatic heterocycles. The molecule has 2 N–H and O–H groups in total. The molecular weight excluding hydrogens is 281 g/mol.